The number of aryl methyl sites for hydroxylation is 1. The number of rotatable bonds is 6. The Bertz CT molecular complexity index is 510. The SMILES string of the molecule is Cl.Nc1ccc(CC(=O)NCCCn2cccn2)cc1. The molecule has 0 saturated heterocycles. The number of anilines is 1. The quantitative estimate of drug-likeness (QED) is 0.628. The monoisotopic (exact) mass is 294 g/mol. The number of nitrogen functional groups attached to an aromatic ring is 1. The molecule has 0 aliphatic carbocycles. The minimum atomic E-state index is 0. The molecule has 0 spiro atoms. The number of aromatic nitrogens is 2. The largest absolute Gasteiger partial charge is 0.399 e. The second kappa shape index (κ2) is 8.22. The van der Waals surface area contributed by atoms with E-state index >= 15 is 0 Å². The van der Waals surface area contributed by atoms with E-state index in [9.17, 15) is 4.79 Å². The molecular formula is C14H19ClN4O. The number of nitrogens with two attached hydrogens (primary N) is 1. The van der Waals surface area contributed by atoms with Gasteiger partial charge in [0.05, 0.1) is 6.42 Å². The number of hydrogen-bond acceptors (Lipinski definition) is 3. The van der Waals surface area contributed by atoms with Crippen LogP contribution in [0, 0.1) is 0 Å². The van der Waals surface area contributed by atoms with Gasteiger partial charge < -0.3 is 11.1 Å². The van der Waals surface area contributed by atoms with Crippen LogP contribution in [0.2, 0.25) is 0 Å². The molecule has 1 aromatic heterocycles. The number of carbonyl (C=O) groups excluding carboxylic acids is 1. The third-order valence-electron chi connectivity index (χ3n) is 2.79. The fourth-order valence-electron chi connectivity index (χ4n) is 1.78. The van der Waals surface area contributed by atoms with Gasteiger partial charge in [-0.2, -0.15) is 5.10 Å². The highest BCUT2D eigenvalue weighted by molar-refractivity contribution is 5.85. The lowest BCUT2D eigenvalue weighted by Crippen LogP contribution is -2.26. The topological polar surface area (TPSA) is 72.9 Å². The van der Waals surface area contributed by atoms with Crippen molar-refractivity contribution in [2.45, 2.75) is 19.4 Å². The third-order valence-corrected chi connectivity index (χ3v) is 2.79. The first-order valence-electron chi connectivity index (χ1n) is 6.32. The first-order chi connectivity index (χ1) is 9.24. The maximum Gasteiger partial charge on any atom is 0.224 e. The molecule has 0 aliphatic rings. The van der Waals surface area contributed by atoms with E-state index in [0.29, 0.717) is 18.7 Å². The molecule has 2 aromatic rings. The van der Waals surface area contributed by atoms with E-state index in [1.54, 1.807) is 18.3 Å². The first-order valence-corrected chi connectivity index (χ1v) is 6.32. The van der Waals surface area contributed by atoms with Gasteiger partial charge in [-0.25, -0.2) is 0 Å². The summed E-state index contributed by atoms with van der Waals surface area (Å²) in [6, 6.07) is 9.25. The van der Waals surface area contributed by atoms with E-state index in [2.05, 4.69) is 10.4 Å². The van der Waals surface area contributed by atoms with Crippen LogP contribution >= 0.6 is 12.4 Å². The van der Waals surface area contributed by atoms with Gasteiger partial charge in [-0.3, -0.25) is 9.48 Å². The van der Waals surface area contributed by atoms with E-state index in [1.807, 2.05) is 29.1 Å². The number of nitrogens with one attached hydrogen (secondary N) is 1. The van der Waals surface area contributed by atoms with Crippen LogP contribution < -0.4 is 11.1 Å². The first kappa shape index (κ1) is 16.0. The maximum absolute atomic E-state index is 11.7. The second-order valence-corrected chi connectivity index (χ2v) is 4.39. The lowest BCUT2D eigenvalue weighted by atomic mass is 10.1. The van der Waals surface area contributed by atoms with Crippen molar-refractivity contribution in [3.63, 3.8) is 0 Å². The molecule has 0 bridgehead atoms. The van der Waals surface area contributed by atoms with Crippen molar-refractivity contribution in [3.05, 3.63) is 48.3 Å². The van der Waals surface area contributed by atoms with Crippen molar-refractivity contribution in [2.75, 3.05) is 12.3 Å². The molecule has 1 heterocycles. The van der Waals surface area contributed by atoms with Gasteiger partial charge in [0.15, 0.2) is 0 Å². The van der Waals surface area contributed by atoms with E-state index in [0.717, 1.165) is 18.5 Å². The molecule has 3 N–H and O–H groups in total. The van der Waals surface area contributed by atoms with Crippen molar-refractivity contribution < 1.29 is 4.79 Å². The van der Waals surface area contributed by atoms with Crippen molar-refractivity contribution >= 4 is 24.0 Å². The summed E-state index contributed by atoms with van der Waals surface area (Å²) in [6.45, 7) is 1.48. The van der Waals surface area contributed by atoms with Crippen LogP contribution in [0.15, 0.2) is 42.7 Å². The summed E-state index contributed by atoms with van der Waals surface area (Å²) < 4.78 is 1.85. The second-order valence-electron chi connectivity index (χ2n) is 4.39. The molecule has 0 saturated carbocycles. The molecule has 1 aromatic carbocycles. The van der Waals surface area contributed by atoms with E-state index in [-0.39, 0.29) is 18.3 Å². The number of carbonyl (C=O) groups is 1. The molecule has 5 nitrogen and oxygen atoms in total. The third kappa shape index (κ3) is 5.32. The highest BCUT2D eigenvalue weighted by Crippen LogP contribution is 2.05. The van der Waals surface area contributed by atoms with Gasteiger partial charge in [0, 0.05) is 31.2 Å². The molecule has 108 valence electrons. The zero-order valence-electron chi connectivity index (χ0n) is 11.2. The van der Waals surface area contributed by atoms with Crippen LogP contribution in [-0.4, -0.2) is 22.2 Å². The van der Waals surface area contributed by atoms with Gasteiger partial charge in [0.1, 0.15) is 0 Å². The van der Waals surface area contributed by atoms with Crippen molar-refractivity contribution in [2.24, 2.45) is 0 Å². The minimum Gasteiger partial charge on any atom is -0.399 e. The Hall–Kier alpha value is -2.01. The van der Waals surface area contributed by atoms with Crippen LogP contribution in [-0.2, 0) is 17.8 Å². The van der Waals surface area contributed by atoms with Crippen molar-refractivity contribution in [1.82, 2.24) is 15.1 Å². The molecule has 0 fully saturated rings. The highest BCUT2D eigenvalue weighted by atomic mass is 35.5. The lowest BCUT2D eigenvalue weighted by Gasteiger charge is -2.06. The average molecular weight is 295 g/mol. The zero-order chi connectivity index (χ0) is 13.5. The number of benzene rings is 1. The van der Waals surface area contributed by atoms with Gasteiger partial charge >= 0.3 is 0 Å². The van der Waals surface area contributed by atoms with Gasteiger partial charge in [-0.05, 0) is 30.2 Å². The summed E-state index contributed by atoms with van der Waals surface area (Å²) in [6.07, 6.45) is 4.92. The molecule has 1 amide bonds. The zero-order valence-corrected chi connectivity index (χ0v) is 12.0. The summed E-state index contributed by atoms with van der Waals surface area (Å²) >= 11 is 0. The molecule has 2 rings (SSSR count). The highest BCUT2D eigenvalue weighted by Gasteiger charge is 2.02. The predicted octanol–water partition coefficient (Wildman–Crippen LogP) is 1.64. The number of nitrogens with zero attached hydrogens (tertiary/aromatic N) is 2. The van der Waals surface area contributed by atoms with Crippen LogP contribution in [0.4, 0.5) is 5.69 Å². The van der Waals surface area contributed by atoms with E-state index in [1.165, 1.54) is 0 Å². The number of halogens is 1. The van der Waals surface area contributed by atoms with Gasteiger partial charge in [0.2, 0.25) is 5.91 Å². The lowest BCUT2D eigenvalue weighted by molar-refractivity contribution is -0.120. The molecule has 6 heteroatoms. The smallest absolute Gasteiger partial charge is 0.224 e. The maximum atomic E-state index is 11.7. The molecule has 0 aliphatic heterocycles. The fourth-order valence-corrected chi connectivity index (χ4v) is 1.78. The van der Waals surface area contributed by atoms with Crippen molar-refractivity contribution in [1.29, 1.82) is 0 Å². The Morgan fingerprint density at radius 3 is 2.70 bits per heavy atom. The van der Waals surface area contributed by atoms with Crippen LogP contribution in [0.5, 0.6) is 0 Å². The predicted molar refractivity (Wildman–Crippen MR) is 81.7 cm³/mol. The van der Waals surface area contributed by atoms with Gasteiger partial charge in [0.25, 0.3) is 0 Å². The van der Waals surface area contributed by atoms with Gasteiger partial charge in [-0.15, -0.1) is 12.4 Å². The van der Waals surface area contributed by atoms with E-state index in [4.69, 9.17) is 5.73 Å². The molecule has 0 atom stereocenters. The van der Waals surface area contributed by atoms with Crippen LogP contribution in [0.1, 0.15) is 12.0 Å². The Morgan fingerprint density at radius 1 is 1.30 bits per heavy atom. The van der Waals surface area contributed by atoms with Crippen molar-refractivity contribution in [3.8, 4) is 0 Å². The molecule has 20 heavy (non-hydrogen) atoms. The number of hydrogen-bond donors (Lipinski definition) is 2. The molecule has 0 unspecified atom stereocenters. The summed E-state index contributed by atoms with van der Waals surface area (Å²) in [4.78, 5) is 11.7. The van der Waals surface area contributed by atoms with Crippen LogP contribution in [0.25, 0.3) is 0 Å². The number of amides is 1. The van der Waals surface area contributed by atoms with Crippen LogP contribution in [0.3, 0.4) is 0 Å². The Labute approximate surface area is 124 Å². The summed E-state index contributed by atoms with van der Waals surface area (Å²) in [5, 5.41) is 7.00. The average Bonchev–Trinajstić information content (AvgIpc) is 2.91. The summed E-state index contributed by atoms with van der Waals surface area (Å²) in [5.74, 6) is 0.0326. The molecule has 0 radical (unpaired) electrons. The molecular weight excluding hydrogens is 276 g/mol. The van der Waals surface area contributed by atoms with Gasteiger partial charge in [-0.1, -0.05) is 12.1 Å². The fraction of sp³-hybridized carbons (Fsp3) is 0.286. The van der Waals surface area contributed by atoms with E-state index < -0.39 is 0 Å². The normalized spacial score (nSPS) is 9.80. The minimum absolute atomic E-state index is 0. The Morgan fingerprint density at radius 2 is 2.05 bits per heavy atom. The Kier molecular flexibility index (Phi) is 6.59. The summed E-state index contributed by atoms with van der Waals surface area (Å²) in [5.41, 5.74) is 7.28. The summed E-state index contributed by atoms with van der Waals surface area (Å²) in [7, 11) is 0. The standard InChI is InChI=1S/C14H18N4O.ClH/c15-13-5-3-12(4-6-13)11-14(19)16-7-1-9-18-10-2-8-17-18;/h2-6,8,10H,1,7,9,11,15H2,(H,16,19);1H. The Balaban J connectivity index is 0.00000200.